The highest BCUT2D eigenvalue weighted by molar-refractivity contribution is 5.91. The lowest BCUT2D eigenvalue weighted by Gasteiger charge is -2.40. The van der Waals surface area contributed by atoms with Gasteiger partial charge in [-0.2, -0.15) is 0 Å². The monoisotopic (exact) mass is 468 g/mol. The first-order valence-corrected chi connectivity index (χ1v) is 9.82. The number of esters is 1. The highest BCUT2D eigenvalue weighted by Crippen LogP contribution is 2.35. The summed E-state index contributed by atoms with van der Waals surface area (Å²) in [6.45, 7) is -0.592. The molecule has 1 aliphatic heterocycles. The van der Waals surface area contributed by atoms with Crippen molar-refractivity contribution in [3.8, 4) is 28.7 Å². The zero-order chi connectivity index (χ0) is 24.3. The van der Waals surface area contributed by atoms with E-state index in [2.05, 4.69) is 0 Å². The maximum absolute atomic E-state index is 12.2. The number of ether oxygens (including phenoxy) is 3. The van der Waals surface area contributed by atoms with Crippen molar-refractivity contribution in [3.63, 3.8) is 0 Å². The number of phenols is 5. The van der Waals surface area contributed by atoms with Crippen LogP contribution in [0.5, 0.6) is 28.7 Å². The highest BCUT2D eigenvalue weighted by Gasteiger charge is 2.44. The number of hydrogen-bond donors (Lipinski definition) is 8. The summed E-state index contributed by atoms with van der Waals surface area (Å²) in [5, 5.41) is 77.6. The Hall–Kier alpha value is -3.29. The van der Waals surface area contributed by atoms with Crippen LogP contribution in [0.25, 0.3) is 0 Å². The number of benzene rings is 2. The average Bonchev–Trinajstić information content (AvgIpc) is 2.78. The maximum atomic E-state index is 12.2. The van der Waals surface area contributed by atoms with Gasteiger partial charge in [0.25, 0.3) is 0 Å². The second kappa shape index (κ2) is 10.1. The minimum atomic E-state index is -1.67. The van der Waals surface area contributed by atoms with E-state index >= 15 is 0 Å². The van der Waals surface area contributed by atoms with Gasteiger partial charge in [-0.3, -0.25) is 0 Å². The number of carbonyl (C=O) groups is 1. The van der Waals surface area contributed by atoms with Gasteiger partial charge in [0.2, 0.25) is 0 Å². The molecule has 1 heterocycles. The summed E-state index contributed by atoms with van der Waals surface area (Å²) in [4.78, 5) is 12.2. The van der Waals surface area contributed by atoms with Gasteiger partial charge in [-0.1, -0.05) is 6.07 Å². The van der Waals surface area contributed by atoms with Gasteiger partial charge >= 0.3 is 5.97 Å². The van der Waals surface area contributed by atoms with Gasteiger partial charge in [0.15, 0.2) is 35.0 Å². The summed E-state index contributed by atoms with van der Waals surface area (Å²) in [6.07, 6.45) is -7.30. The Morgan fingerprint density at radius 1 is 0.848 bits per heavy atom. The highest BCUT2D eigenvalue weighted by atomic mass is 16.7. The van der Waals surface area contributed by atoms with Crippen molar-refractivity contribution in [1.82, 2.24) is 0 Å². The van der Waals surface area contributed by atoms with Gasteiger partial charge in [-0.25, -0.2) is 4.79 Å². The third kappa shape index (κ3) is 5.56. The average molecular weight is 468 g/mol. The minimum absolute atomic E-state index is 0.0205. The summed E-state index contributed by atoms with van der Waals surface area (Å²) in [5.41, 5.74) is 0.320. The Labute approximate surface area is 187 Å². The molecule has 0 radical (unpaired) electrons. The summed E-state index contributed by atoms with van der Waals surface area (Å²) >= 11 is 0. The van der Waals surface area contributed by atoms with E-state index < -0.39 is 60.5 Å². The van der Waals surface area contributed by atoms with Crippen LogP contribution in [0, 0.1) is 0 Å². The van der Waals surface area contributed by atoms with Gasteiger partial charge in [0.05, 0.1) is 12.2 Å². The Balaban J connectivity index is 1.58. The third-order valence-electron chi connectivity index (χ3n) is 5.07. The maximum Gasteiger partial charge on any atom is 0.338 e. The van der Waals surface area contributed by atoms with Gasteiger partial charge in [-0.05, 0) is 36.2 Å². The molecule has 0 spiro atoms. The number of aromatic hydroxyl groups is 5. The van der Waals surface area contributed by atoms with E-state index in [0.717, 1.165) is 12.1 Å². The molecule has 0 amide bonds. The molecule has 0 aromatic heterocycles. The number of hydrogen-bond acceptors (Lipinski definition) is 12. The van der Waals surface area contributed by atoms with E-state index in [1.54, 1.807) is 6.07 Å². The number of carbonyl (C=O) groups excluding carboxylic acids is 1. The van der Waals surface area contributed by atoms with Crippen LogP contribution in [0.1, 0.15) is 15.9 Å². The Bertz CT molecular complexity index is 970. The molecule has 1 saturated heterocycles. The van der Waals surface area contributed by atoms with Crippen molar-refractivity contribution in [2.75, 3.05) is 13.2 Å². The molecule has 1 fully saturated rings. The van der Waals surface area contributed by atoms with Crippen molar-refractivity contribution in [2.45, 2.75) is 37.1 Å². The second-order valence-electron chi connectivity index (χ2n) is 7.42. The molecule has 3 rings (SSSR count). The Morgan fingerprint density at radius 3 is 2.15 bits per heavy atom. The van der Waals surface area contributed by atoms with E-state index in [4.69, 9.17) is 14.2 Å². The number of aliphatic hydroxyl groups is 3. The predicted octanol–water partition coefficient (Wildman–Crippen LogP) is -0.562. The Kier molecular flexibility index (Phi) is 7.46. The topological polar surface area (TPSA) is 207 Å². The molecule has 180 valence electrons. The van der Waals surface area contributed by atoms with Crippen LogP contribution in [-0.2, 0) is 20.6 Å². The first-order valence-electron chi connectivity index (χ1n) is 9.82. The summed E-state index contributed by atoms with van der Waals surface area (Å²) in [6, 6.07) is 5.91. The first kappa shape index (κ1) is 24.4. The lowest BCUT2D eigenvalue weighted by molar-refractivity contribution is -0.300. The van der Waals surface area contributed by atoms with Crippen LogP contribution >= 0.6 is 0 Å². The molecule has 0 saturated carbocycles. The standard InChI is InChI=1S/C21H24O12/c22-11-2-1-9(5-12(11)23)3-4-31-21-19(29)18(28)17(27)15(33-21)8-32-20(30)10-6-13(24)16(26)14(25)7-10/h1-2,5-7,15,17-19,21-29H,3-4,8H2/t15-,17+,18+,19-,21-/m0/s1. The molecule has 0 unspecified atom stereocenters. The Morgan fingerprint density at radius 2 is 1.52 bits per heavy atom. The SMILES string of the molecule is O=C(OC[C@@H]1O[C@H](OCCc2ccc(O)c(O)c2)[C@@H](O)[C@H](O)[C@@H]1O)c1cc(O)c(O)c(O)c1. The molecule has 33 heavy (non-hydrogen) atoms. The first-order chi connectivity index (χ1) is 15.6. The summed E-state index contributed by atoms with van der Waals surface area (Å²) in [7, 11) is 0. The largest absolute Gasteiger partial charge is 0.504 e. The number of aliphatic hydroxyl groups excluding tert-OH is 3. The molecule has 12 nitrogen and oxygen atoms in total. The van der Waals surface area contributed by atoms with Gasteiger partial charge in [0, 0.05) is 0 Å². The fourth-order valence-electron chi connectivity index (χ4n) is 3.17. The number of rotatable bonds is 7. The van der Waals surface area contributed by atoms with Gasteiger partial charge < -0.3 is 55.1 Å². The van der Waals surface area contributed by atoms with Crippen molar-refractivity contribution in [3.05, 3.63) is 41.5 Å². The molecule has 2 aromatic carbocycles. The van der Waals surface area contributed by atoms with Crippen LogP contribution in [-0.4, -0.2) is 90.7 Å². The van der Waals surface area contributed by atoms with E-state index in [1.165, 1.54) is 12.1 Å². The van der Waals surface area contributed by atoms with Crippen LogP contribution in [0.15, 0.2) is 30.3 Å². The molecule has 5 atom stereocenters. The molecule has 2 aromatic rings. The fraction of sp³-hybridized carbons (Fsp3) is 0.381. The van der Waals surface area contributed by atoms with Crippen LogP contribution in [0.3, 0.4) is 0 Å². The minimum Gasteiger partial charge on any atom is -0.504 e. The molecular weight excluding hydrogens is 444 g/mol. The summed E-state index contributed by atoms with van der Waals surface area (Å²) < 4.78 is 15.9. The smallest absolute Gasteiger partial charge is 0.338 e. The lowest BCUT2D eigenvalue weighted by Crippen LogP contribution is -2.59. The van der Waals surface area contributed by atoms with Crippen LogP contribution in [0.4, 0.5) is 0 Å². The van der Waals surface area contributed by atoms with Gasteiger partial charge in [0.1, 0.15) is 31.0 Å². The van der Waals surface area contributed by atoms with Crippen molar-refractivity contribution >= 4 is 5.97 Å². The zero-order valence-electron chi connectivity index (χ0n) is 17.1. The normalized spacial score (nSPS) is 25.0. The van der Waals surface area contributed by atoms with E-state index in [0.29, 0.717) is 5.56 Å². The second-order valence-corrected chi connectivity index (χ2v) is 7.42. The third-order valence-corrected chi connectivity index (χ3v) is 5.07. The molecule has 1 aliphatic rings. The zero-order valence-corrected chi connectivity index (χ0v) is 17.1. The molecule has 8 N–H and O–H groups in total. The van der Waals surface area contributed by atoms with Crippen LogP contribution < -0.4 is 0 Å². The predicted molar refractivity (Wildman–Crippen MR) is 108 cm³/mol. The van der Waals surface area contributed by atoms with Crippen molar-refractivity contribution in [2.24, 2.45) is 0 Å². The molecule has 0 aliphatic carbocycles. The number of phenolic OH excluding ortho intramolecular Hbond substituents is 5. The lowest BCUT2D eigenvalue weighted by atomic mass is 9.99. The van der Waals surface area contributed by atoms with E-state index in [-0.39, 0.29) is 30.1 Å². The summed E-state index contributed by atoms with van der Waals surface area (Å²) in [5.74, 6) is -3.91. The van der Waals surface area contributed by atoms with Gasteiger partial charge in [-0.15, -0.1) is 0 Å². The van der Waals surface area contributed by atoms with Crippen molar-refractivity contribution in [1.29, 1.82) is 0 Å². The van der Waals surface area contributed by atoms with E-state index in [9.17, 15) is 45.6 Å². The van der Waals surface area contributed by atoms with Crippen LogP contribution in [0.2, 0.25) is 0 Å². The molecule has 12 heteroatoms. The molecular formula is C21H24O12. The fourth-order valence-corrected chi connectivity index (χ4v) is 3.17. The van der Waals surface area contributed by atoms with E-state index in [1.807, 2.05) is 0 Å². The quantitative estimate of drug-likeness (QED) is 0.190. The van der Waals surface area contributed by atoms with Crippen molar-refractivity contribution < 1.29 is 59.9 Å². The molecule has 0 bridgehead atoms.